The molecule has 0 N–H and O–H groups in total. The highest BCUT2D eigenvalue weighted by atomic mass is 16.6. The molecular weight excluding hydrogens is 187 g/mol. The van der Waals surface area contributed by atoms with Gasteiger partial charge in [0.05, 0.1) is 12.5 Å². The van der Waals surface area contributed by atoms with Crippen LogP contribution in [-0.4, -0.2) is 7.12 Å². The molecule has 0 fully saturated rings. The molecule has 80 valence electrons. The van der Waals surface area contributed by atoms with Gasteiger partial charge in [-0.15, -0.1) is 0 Å². The van der Waals surface area contributed by atoms with Crippen molar-refractivity contribution in [2.45, 2.75) is 27.7 Å². The lowest BCUT2D eigenvalue weighted by Crippen LogP contribution is -2.40. The monoisotopic (exact) mass is 204 g/mol. The molecule has 0 saturated heterocycles. The predicted molar refractivity (Wildman–Crippen MR) is 61.8 cm³/mol. The van der Waals surface area contributed by atoms with Gasteiger partial charge in [0.15, 0.2) is 0 Å². The Morgan fingerprint density at radius 2 is 1.67 bits per heavy atom. The average molecular weight is 204 g/mol. The largest absolute Gasteiger partial charge is 0.628 e. The molecule has 2 nitrogen and oxygen atoms in total. The second kappa shape index (κ2) is 3.19. The van der Waals surface area contributed by atoms with Gasteiger partial charge in [0.1, 0.15) is 0 Å². The van der Waals surface area contributed by atoms with Gasteiger partial charge < -0.3 is 9.31 Å². The lowest BCUT2D eigenvalue weighted by molar-refractivity contribution is 0.212. The van der Waals surface area contributed by atoms with Crippen LogP contribution in [-0.2, 0) is 9.31 Å². The number of allylic oxidation sites excluding steroid dienone is 4. The molecule has 0 aromatic rings. The molecule has 0 saturated carbocycles. The first-order chi connectivity index (χ1) is 6.95. The molecule has 0 amide bonds. The first kappa shape index (κ1) is 10.4. The zero-order chi connectivity index (χ0) is 11.1. The fraction of sp³-hybridized carbons (Fsp3) is 0.500. The van der Waals surface area contributed by atoms with E-state index in [1.54, 1.807) is 12.5 Å². The predicted octanol–water partition coefficient (Wildman–Crippen LogP) is 3.08. The quantitative estimate of drug-likeness (QED) is 0.611. The van der Waals surface area contributed by atoms with Crippen LogP contribution in [0.25, 0.3) is 0 Å². The van der Waals surface area contributed by atoms with Crippen molar-refractivity contribution in [2.75, 3.05) is 0 Å². The van der Waals surface area contributed by atoms with Gasteiger partial charge in [0.2, 0.25) is 0 Å². The molecule has 0 unspecified atom stereocenters. The van der Waals surface area contributed by atoms with Gasteiger partial charge in [-0.25, -0.2) is 0 Å². The summed E-state index contributed by atoms with van der Waals surface area (Å²) in [5.41, 5.74) is 1.35. The highest BCUT2D eigenvalue weighted by molar-refractivity contribution is 6.55. The van der Waals surface area contributed by atoms with E-state index in [4.69, 9.17) is 9.31 Å². The van der Waals surface area contributed by atoms with Crippen LogP contribution < -0.4 is 0 Å². The van der Waals surface area contributed by atoms with Gasteiger partial charge >= 0.3 is 7.12 Å². The van der Waals surface area contributed by atoms with Crippen molar-refractivity contribution in [1.82, 2.24) is 0 Å². The summed E-state index contributed by atoms with van der Waals surface area (Å²) in [6, 6.07) is 0. The van der Waals surface area contributed by atoms with Crippen LogP contribution in [0.15, 0.2) is 36.2 Å². The van der Waals surface area contributed by atoms with Crippen LogP contribution in [0.4, 0.5) is 0 Å². The van der Waals surface area contributed by atoms with E-state index in [-0.39, 0.29) is 17.9 Å². The van der Waals surface area contributed by atoms with Crippen molar-refractivity contribution < 1.29 is 9.31 Å². The molecule has 1 aliphatic heterocycles. The summed E-state index contributed by atoms with van der Waals surface area (Å²) in [6.45, 7) is 8.93. The Kier molecular flexibility index (Phi) is 2.21. The van der Waals surface area contributed by atoms with Crippen molar-refractivity contribution in [3.63, 3.8) is 0 Å². The molecule has 0 aromatic carbocycles. The van der Waals surface area contributed by atoms with E-state index >= 15 is 0 Å². The molecule has 15 heavy (non-hydrogen) atoms. The second-order valence-electron chi connectivity index (χ2n) is 5.20. The van der Waals surface area contributed by atoms with E-state index < -0.39 is 0 Å². The first-order valence-corrected chi connectivity index (χ1v) is 5.31. The lowest BCUT2D eigenvalue weighted by atomic mass is 9.52. The zero-order valence-electron chi connectivity index (χ0n) is 9.78. The van der Waals surface area contributed by atoms with E-state index in [2.05, 4.69) is 45.9 Å². The van der Waals surface area contributed by atoms with Crippen molar-refractivity contribution >= 4 is 7.12 Å². The molecule has 0 aromatic heterocycles. The molecule has 1 heterocycles. The van der Waals surface area contributed by atoms with Gasteiger partial charge in [-0.05, 0) is 16.3 Å². The van der Waals surface area contributed by atoms with Gasteiger partial charge in [0.25, 0.3) is 0 Å². The highest BCUT2D eigenvalue weighted by Crippen LogP contribution is 2.48. The maximum atomic E-state index is 5.42. The van der Waals surface area contributed by atoms with E-state index in [1.807, 2.05) is 0 Å². The third-order valence-corrected chi connectivity index (χ3v) is 3.84. The first-order valence-electron chi connectivity index (χ1n) is 5.31. The van der Waals surface area contributed by atoms with E-state index in [0.717, 1.165) is 0 Å². The van der Waals surface area contributed by atoms with Crippen molar-refractivity contribution in [2.24, 2.45) is 10.8 Å². The number of hydrogen-bond acceptors (Lipinski definition) is 2. The Hall–Kier alpha value is -1.12. The Balaban J connectivity index is 2.31. The van der Waals surface area contributed by atoms with E-state index in [1.165, 1.54) is 5.47 Å². The topological polar surface area (TPSA) is 18.5 Å². The summed E-state index contributed by atoms with van der Waals surface area (Å²) < 4.78 is 10.8. The number of rotatable bonds is 1. The minimum absolute atomic E-state index is 0.0401. The van der Waals surface area contributed by atoms with Gasteiger partial charge in [-0.2, -0.15) is 0 Å². The Morgan fingerprint density at radius 3 is 2.27 bits per heavy atom. The van der Waals surface area contributed by atoms with E-state index in [0.29, 0.717) is 0 Å². The normalized spacial score (nSPS) is 25.9. The minimum atomic E-state index is -0.246. The van der Waals surface area contributed by atoms with Crippen LogP contribution in [0.3, 0.4) is 0 Å². The highest BCUT2D eigenvalue weighted by Gasteiger charge is 2.47. The fourth-order valence-electron chi connectivity index (χ4n) is 1.94. The Morgan fingerprint density at radius 1 is 1.07 bits per heavy atom. The lowest BCUT2D eigenvalue weighted by Gasteiger charge is -2.43. The Labute approximate surface area is 91.8 Å². The maximum Gasteiger partial charge on any atom is 0.628 e. The average Bonchev–Trinajstić information content (AvgIpc) is 2.62. The fourth-order valence-corrected chi connectivity index (χ4v) is 1.94. The van der Waals surface area contributed by atoms with Crippen molar-refractivity contribution in [3.8, 4) is 0 Å². The number of hydrogen-bond donors (Lipinski definition) is 0. The molecule has 2 aliphatic rings. The maximum absolute atomic E-state index is 5.42. The molecule has 3 heteroatoms. The smallest absolute Gasteiger partial charge is 0.526 e. The summed E-state index contributed by atoms with van der Waals surface area (Å²) in [4.78, 5) is 0. The van der Waals surface area contributed by atoms with Crippen LogP contribution in [0.1, 0.15) is 27.7 Å². The molecule has 0 spiro atoms. The molecule has 1 aliphatic carbocycles. The summed E-state index contributed by atoms with van der Waals surface area (Å²) in [6.07, 6.45) is 9.63. The van der Waals surface area contributed by atoms with Crippen molar-refractivity contribution in [1.29, 1.82) is 0 Å². The van der Waals surface area contributed by atoms with Gasteiger partial charge in [-0.3, -0.25) is 0 Å². The standard InChI is InChI=1S/C12H17BO2/c1-11(2)7-5-6-10(12(11,3)4)13-14-8-9-15-13/h5-9H,1-4H3. The van der Waals surface area contributed by atoms with Crippen LogP contribution in [0, 0.1) is 10.8 Å². The molecule has 0 radical (unpaired) electrons. The van der Waals surface area contributed by atoms with Crippen LogP contribution in [0.5, 0.6) is 0 Å². The van der Waals surface area contributed by atoms with E-state index in [9.17, 15) is 0 Å². The summed E-state index contributed by atoms with van der Waals surface area (Å²) >= 11 is 0. The molecule has 0 bridgehead atoms. The zero-order valence-corrected chi connectivity index (χ0v) is 9.78. The molecule has 0 atom stereocenters. The Bertz CT molecular complexity index is 343. The van der Waals surface area contributed by atoms with Crippen molar-refractivity contribution in [3.05, 3.63) is 36.2 Å². The van der Waals surface area contributed by atoms with Gasteiger partial charge in [-0.1, -0.05) is 45.9 Å². The minimum Gasteiger partial charge on any atom is -0.526 e. The second-order valence-corrected chi connectivity index (χ2v) is 5.20. The van der Waals surface area contributed by atoms with Crippen LogP contribution in [0.2, 0.25) is 0 Å². The third-order valence-electron chi connectivity index (χ3n) is 3.84. The summed E-state index contributed by atoms with van der Waals surface area (Å²) in [7, 11) is -0.246. The molecular formula is C12H17BO2. The third kappa shape index (κ3) is 1.50. The molecule has 2 rings (SSSR count). The summed E-state index contributed by atoms with van der Waals surface area (Å²) in [5, 5.41) is 0. The summed E-state index contributed by atoms with van der Waals surface area (Å²) in [5.74, 6) is 0. The van der Waals surface area contributed by atoms with Crippen LogP contribution >= 0.6 is 0 Å². The SMILES string of the molecule is CC1(C)C=CC=C(B2OC=CO2)C1(C)C. The van der Waals surface area contributed by atoms with Gasteiger partial charge in [0, 0.05) is 0 Å².